The number of nitrogens with zero attached hydrogens (tertiary/aromatic N) is 1. The van der Waals surface area contributed by atoms with Crippen molar-refractivity contribution in [1.82, 2.24) is 10.2 Å². The Hall–Kier alpha value is -0.0800. The molecule has 3 aliphatic rings. The van der Waals surface area contributed by atoms with Crippen molar-refractivity contribution in [2.45, 2.75) is 77.3 Å². The van der Waals surface area contributed by atoms with Gasteiger partial charge in [-0.3, -0.25) is 4.90 Å². The van der Waals surface area contributed by atoms with Gasteiger partial charge in [0, 0.05) is 31.2 Å². The highest BCUT2D eigenvalue weighted by Gasteiger charge is 2.44. The SMILES string of the molecule is CC(C)C1CNC2(CCCC2)CN1CC1(C)CCC1. The second-order valence-electron chi connectivity index (χ2n) is 8.25. The molecule has 2 saturated carbocycles. The van der Waals surface area contributed by atoms with Crippen LogP contribution in [0.25, 0.3) is 0 Å². The fourth-order valence-electron chi connectivity index (χ4n) is 4.66. The van der Waals surface area contributed by atoms with E-state index < -0.39 is 0 Å². The van der Waals surface area contributed by atoms with Crippen LogP contribution in [0, 0.1) is 11.3 Å². The lowest BCUT2D eigenvalue weighted by atomic mass is 9.69. The highest BCUT2D eigenvalue weighted by molar-refractivity contribution is 5.03. The average molecular weight is 264 g/mol. The molecule has 110 valence electrons. The Morgan fingerprint density at radius 2 is 1.79 bits per heavy atom. The summed E-state index contributed by atoms with van der Waals surface area (Å²) in [5, 5.41) is 3.94. The van der Waals surface area contributed by atoms with Crippen molar-refractivity contribution >= 4 is 0 Å². The van der Waals surface area contributed by atoms with E-state index in [1.807, 2.05) is 0 Å². The smallest absolute Gasteiger partial charge is 0.0309 e. The summed E-state index contributed by atoms with van der Waals surface area (Å²) in [6, 6.07) is 0.753. The van der Waals surface area contributed by atoms with Crippen LogP contribution < -0.4 is 5.32 Å². The molecule has 0 aromatic rings. The van der Waals surface area contributed by atoms with Crippen LogP contribution in [-0.2, 0) is 0 Å². The summed E-state index contributed by atoms with van der Waals surface area (Å²) >= 11 is 0. The summed E-state index contributed by atoms with van der Waals surface area (Å²) in [4.78, 5) is 2.87. The molecule has 0 bridgehead atoms. The number of hydrogen-bond acceptors (Lipinski definition) is 2. The normalized spacial score (nSPS) is 33.8. The van der Waals surface area contributed by atoms with Crippen molar-refractivity contribution in [2.75, 3.05) is 19.6 Å². The lowest BCUT2D eigenvalue weighted by Gasteiger charge is -2.52. The minimum atomic E-state index is 0.478. The van der Waals surface area contributed by atoms with E-state index in [0.29, 0.717) is 11.0 Å². The molecule has 1 unspecified atom stereocenters. The topological polar surface area (TPSA) is 15.3 Å². The molecule has 0 aromatic heterocycles. The largest absolute Gasteiger partial charge is 0.308 e. The Kier molecular flexibility index (Phi) is 3.68. The van der Waals surface area contributed by atoms with E-state index in [1.165, 1.54) is 64.6 Å². The van der Waals surface area contributed by atoms with Crippen LogP contribution in [0.4, 0.5) is 0 Å². The van der Waals surface area contributed by atoms with Crippen molar-refractivity contribution in [1.29, 1.82) is 0 Å². The first-order valence-electron chi connectivity index (χ1n) is 8.51. The zero-order valence-corrected chi connectivity index (χ0v) is 13.2. The fourth-order valence-corrected chi connectivity index (χ4v) is 4.66. The second kappa shape index (κ2) is 5.04. The predicted molar refractivity (Wildman–Crippen MR) is 81.4 cm³/mol. The maximum absolute atomic E-state index is 3.94. The standard InChI is InChI=1S/C17H32N2/c1-14(2)15-11-18-17(9-4-5-10-17)13-19(15)12-16(3)7-6-8-16/h14-15,18H,4-13H2,1-3H3. The molecular weight excluding hydrogens is 232 g/mol. The molecule has 2 nitrogen and oxygen atoms in total. The minimum absolute atomic E-state index is 0.478. The van der Waals surface area contributed by atoms with Gasteiger partial charge in [-0.05, 0) is 37.0 Å². The van der Waals surface area contributed by atoms with Gasteiger partial charge in [-0.1, -0.05) is 40.0 Å². The van der Waals surface area contributed by atoms with E-state index in [2.05, 4.69) is 31.0 Å². The van der Waals surface area contributed by atoms with Crippen molar-refractivity contribution < 1.29 is 0 Å². The molecule has 0 amide bonds. The van der Waals surface area contributed by atoms with Crippen LogP contribution in [0.2, 0.25) is 0 Å². The molecule has 0 radical (unpaired) electrons. The summed E-state index contributed by atoms with van der Waals surface area (Å²) in [6.45, 7) is 11.2. The molecule has 1 atom stereocenters. The van der Waals surface area contributed by atoms with Gasteiger partial charge in [0.05, 0.1) is 0 Å². The predicted octanol–water partition coefficient (Wildman–Crippen LogP) is 3.42. The number of hydrogen-bond donors (Lipinski definition) is 1. The van der Waals surface area contributed by atoms with E-state index >= 15 is 0 Å². The molecule has 1 saturated heterocycles. The molecule has 1 spiro atoms. The van der Waals surface area contributed by atoms with Crippen LogP contribution in [0.15, 0.2) is 0 Å². The van der Waals surface area contributed by atoms with Gasteiger partial charge in [-0.25, -0.2) is 0 Å². The quantitative estimate of drug-likeness (QED) is 0.840. The van der Waals surface area contributed by atoms with Gasteiger partial charge in [0.15, 0.2) is 0 Å². The minimum Gasteiger partial charge on any atom is -0.308 e. The summed E-state index contributed by atoms with van der Waals surface area (Å²) in [7, 11) is 0. The zero-order valence-electron chi connectivity index (χ0n) is 13.2. The van der Waals surface area contributed by atoms with Gasteiger partial charge in [-0.15, -0.1) is 0 Å². The van der Waals surface area contributed by atoms with E-state index in [0.717, 1.165) is 12.0 Å². The summed E-state index contributed by atoms with van der Waals surface area (Å²) in [5.74, 6) is 0.773. The Bertz CT molecular complexity index is 313. The van der Waals surface area contributed by atoms with Crippen LogP contribution in [0.3, 0.4) is 0 Å². The van der Waals surface area contributed by atoms with Gasteiger partial charge in [0.2, 0.25) is 0 Å². The van der Waals surface area contributed by atoms with Gasteiger partial charge >= 0.3 is 0 Å². The summed E-state index contributed by atoms with van der Waals surface area (Å²) in [5.41, 5.74) is 1.11. The highest BCUT2D eigenvalue weighted by Crippen LogP contribution is 2.43. The molecule has 2 heteroatoms. The van der Waals surface area contributed by atoms with Gasteiger partial charge in [0.1, 0.15) is 0 Å². The molecule has 0 aromatic carbocycles. The second-order valence-corrected chi connectivity index (χ2v) is 8.25. The molecule has 3 rings (SSSR count). The summed E-state index contributed by atoms with van der Waals surface area (Å²) in [6.07, 6.45) is 10.1. The van der Waals surface area contributed by atoms with Crippen molar-refractivity contribution in [3.8, 4) is 0 Å². The monoisotopic (exact) mass is 264 g/mol. The van der Waals surface area contributed by atoms with E-state index in [4.69, 9.17) is 0 Å². The third kappa shape index (κ3) is 2.71. The number of nitrogens with one attached hydrogen (secondary N) is 1. The lowest BCUT2D eigenvalue weighted by molar-refractivity contribution is -0.000674. The average Bonchev–Trinajstić information content (AvgIpc) is 2.75. The maximum atomic E-state index is 3.94. The van der Waals surface area contributed by atoms with Crippen molar-refractivity contribution in [2.24, 2.45) is 11.3 Å². The fraction of sp³-hybridized carbons (Fsp3) is 1.00. The number of piperazine rings is 1. The third-order valence-electron chi connectivity index (χ3n) is 6.14. The Balaban J connectivity index is 1.70. The lowest BCUT2D eigenvalue weighted by Crippen LogP contribution is -2.65. The first kappa shape index (κ1) is 13.9. The molecule has 1 heterocycles. The van der Waals surface area contributed by atoms with E-state index in [-0.39, 0.29) is 0 Å². The molecule has 1 N–H and O–H groups in total. The Morgan fingerprint density at radius 1 is 1.11 bits per heavy atom. The first-order valence-corrected chi connectivity index (χ1v) is 8.51. The highest BCUT2D eigenvalue weighted by atomic mass is 15.3. The van der Waals surface area contributed by atoms with Crippen molar-refractivity contribution in [3.63, 3.8) is 0 Å². The first-order chi connectivity index (χ1) is 9.02. The molecule has 2 aliphatic carbocycles. The summed E-state index contributed by atoms with van der Waals surface area (Å²) < 4.78 is 0. The zero-order chi connectivity index (χ0) is 13.5. The molecular formula is C17H32N2. The Morgan fingerprint density at radius 3 is 2.32 bits per heavy atom. The molecule has 3 fully saturated rings. The van der Waals surface area contributed by atoms with Gasteiger partial charge in [0.25, 0.3) is 0 Å². The number of rotatable bonds is 3. The van der Waals surface area contributed by atoms with Crippen LogP contribution in [-0.4, -0.2) is 36.1 Å². The maximum Gasteiger partial charge on any atom is 0.0309 e. The molecule has 19 heavy (non-hydrogen) atoms. The van der Waals surface area contributed by atoms with Crippen LogP contribution in [0.1, 0.15) is 65.7 Å². The third-order valence-corrected chi connectivity index (χ3v) is 6.14. The molecule has 1 aliphatic heterocycles. The van der Waals surface area contributed by atoms with Gasteiger partial charge in [-0.2, -0.15) is 0 Å². The van der Waals surface area contributed by atoms with Crippen molar-refractivity contribution in [3.05, 3.63) is 0 Å². The van der Waals surface area contributed by atoms with Crippen LogP contribution >= 0.6 is 0 Å². The van der Waals surface area contributed by atoms with Gasteiger partial charge < -0.3 is 5.32 Å². The van der Waals surface area contributed by atoms with Crippen LogP contribution in [0.5, 0.6) is 0 Å². The Labute approximate surface area is 119 Å². The van der Waals surface area contributed by atoms with E-state index in [1.54, 1.807) is 0 Å². The van der Waals surface area contributed by atoms with E-state index in [9.17, 15) is 0 Å².